The van der Waals surface area contributed by atoms with Gasteiger partial charge in [0, 0.05) is 18.9 Å². The molecule has 0 spiro atoms. The molecule has 0 unspecified atom stereocenters. The fraction of sp³-hybridized carbons (Fsp3) is 0.692. The Bertz CT molecular complexity index is 512. The average Bonchev–Trinajstić information content (AvgIpc) is 2.89. The van der Waals surface area contributed by atoms with Crippen LogP contribution in [0.25, 0.3) is 0 Å². The molecule has 1 saturated heterocycles. The lowest BCUT2D eigenvalue weighted by Gasteiger charge is -2.30. The van der Waals surface area contributed by atoms with Crippen molar-refractivity contribution in [3.63, 3.8) is 0 Å². The monoisotopic (exact) mass is 326 g/mol. The highest BCUT2D eigenvalue weighted by Gasteiger charge is 2.25. The van der Waals surface area contributed by atoms with Crippen LogP contribution in [0.15, 0.2) is 0 Å². The van der Waals surface area contributed by atoms with Crippen LogP contribution in [0.5, 0.6) is 0 Å². The third-order valence-electron chi connectivity index (χ3n) is 3.69. The molecule has 1 aromatic rings. The molecule has 22 heavy (non-hydrogen) atoms. The number of rotatable bonds is 7. The summed E-state index contributed by atoms with van der Waals surface area (Å²) in [6.07, 6.45) is 3.13. The zero-order valence-electron chi connectivity index (χ0n) is 12.5. The third kappa shape index (κ3) is 5.23. The summed E-state index contributed by atoms with van der Waals surface area (Å²) in [6, 6.07) is 0. The summed E-state index contributed by atoms with van der Waals surface area (Å²) < 4.78 is 0. The second-order valence-corrected chi connectivity index (χ2v) is 6.54. The van der Waals surface area contributed by atoms with E-state index in [2.05, 4.69) is 15.5 Å². The number of nitrogen functional groups attached to an aromatic ring is 1. The maximum absolute atomic E-state index is 12.1. The first-order valence-corrected chi connectivity index (χ1v) is 8.22. The number of carbonyl (C=O) groups excluding carboxylic acids is 2. The van der Waals surface area contributed by atoms with Gasteiger partial charge in [-0.25, -0.2) is 0 Å². The van der Waals surface area contributed by atoms with Crippen LogP contribution in [-0.2, 0) is 16.0 Å². The second kappa shape index (κ2) is 8.04. The minimum Gasteiger partial charge on any atom is -0.374 e. The molecule has 0 bridgehead atoms. The molecule has 0 aliphatic carbocycles. The van der Waals surface area contributed by atoms with Crippen molar-refractivity contribution in [1.82, 2.24) is 20.4 Å². The Kier molecular flexibility index (Phi) is 6.08. The average molecular weight is 326 g/mol. The number of aryl methyl sites for hydroxylation is 1. The number of nitrogens with zero attached hydrogens (tertiary/aromatic N) is 3. The van der Waals surface area contributed by atoms with Gasteiger partial charge in [0.15, 0.2) is 0 Å². The van der Waals surface area contributed by atoms with Gasteiger partial charge < -0.3 is 16.8 Å². The minimum atomic E-state index is -0.319. The number of nitrogens with one attached hydrogen (secondary N) is 1. The number of primary amides is 1. The molecule has 0 aromatic carbocycles. The Hall–Kier alpha value is -1.74. The van der Waals surface area contributed by atoms with Crippen LogP contribution in [0.2, 0.25) is 0 Å². The molecule has 0 saturated carbocycles. The molecule has 5 N–H and O–H groups in total. The van der Waals surface area contributed by atoms with Gasteiger partial charge in [-0.2, -0.15) is 0 Å². The Morgan fingerprint density at radius 1 is 1.32 bits per heavy atom. The molecule has 8 nitrogen and oxygen atoms in total. The maximum Gasteiger partial charge on any atom is 0.231 e. The molecule has 1 fully saturated rings. The van der Waals surface area contributed by atoms with Crippen LogP contribution >= 0.6 is 11.3 Å². The Morgan fingerprint density at radius 2 is 2.05 bits per heavy atom. The van der Waals surface area contributed by atoms with E-state index in [1.54, 1.807) is 0 Å². The number of anilines is 1. The SMILES string of the molecule is NC(=O)CN1CCC(C(=O)NCCCc2nnc(N)s2)CC1. The molecule has 0 atom stereocenters. The van der Waals surface area contributed by atoms with Crippen molar-refractivity contribution >= 4 is 28.3 Å². The van der Waals surface area contributed by atoms with Gasteiger partial charge >= 0.3 is 0 Å². The molecule has 2 amide bonds. The first-order valence-electron chi connectivity index (χ1n) is 7.41. The largest absolute Gasteiger partial charge is 0.374 e. The van der Waals surface area contributed by atoms with Crippen LogP contribution in [0.4, 0.5) is 5.13 Å². The van der Waals surface area contributed by atoms with E-state index >= 15 is 0 Å². The molecule has 1 aliphatic rings. The molecule has 2 rings (SSSR count). The van der Waals surface area contributed by atoms with Gasteiger partial charge in [0.1, 0.15) is 5.01 Å². The number of piperidine rings is 1. The first kappa shape index (κ1) is 16.6. The lowest BCUT2D eigenvalue weighted by atomic mass is 9.96. The Balaban J connectivity index is 1.61. The highest BCUT2D eigenvalue weighted by atomic mass is 32.1. The van der Waals surface area contributed by atoms with E-state index in [1.807, 2.05) is 4.90 Å². The van der Waals surface area contributed by atoms with Crippen LogP contribution < -0.4 is 16.8 Å². The summed E-state index contributed by atoms with van der Waals surface area (Å²) in [5.41, 5.74) is 10.7. The normalized spacial score (nSPS) is 16.5. The molecule has 0 radical (unpaired) electrons. The zero-order chi connectivity index (χ0) is 15.9. The van der Waals surface area contributed by atoms with Gasteiger partial charge in [0.05, 0.1) is 6.54 Å². The smallest absolute Gasteiger partial charge is 0.231 e. The molecular formula is C13H22N6O2S. The molecule has 122 valence electrons. The number of amides is 2. The van der Waals surface area contributed by atoms with Gasteiger partial charge in [-0.3, -0.25) is 14.5 Å². The topological polar surface area (TPSA) is 127 Å². The third-order valence-corrected chi connectivity index (χ3v) is 4.50. The highest BCUT2D eigenvalue weighted by Crippen LogP contribution is 2.17. The van der Waals surface area contributed by atoms with Crippen molar-refractivity contribution in [3.8, 4) is 0 Å². The summed E-state index contributed by atoms with van der Waals surface area (Å²) in [5.74, 6) is -0.197. The fourth-order valence-corrected chi connectivity index (χ4v) is 3.19. The van der Waals surface area contributed by atoms with E-state index in [0.29, 0.717) is 11.7 Å². The number of carbonyl (C=O) groups is 2. The number of aromatic nitrogens is 2. The Labute approximate surface area is 133 Å². The van der Waals surface area contributed by atoms with Crippen molar-refractivity contribution in [2.24, 2.45) is 11.7 Å². The van der Waals surface area contributed by atoms with E-state index in [1.165, 1.54) is 11.3 Å². The summed E-state index contributed by atoms with van der Waals surface area (Å²) in [7, 11) is 0. The van der Waals surface area contributed by atoms with E-state index < -0.39 is 0 Å². The van der Waals surface area contributed by atoms with E-state index in [0.717, 1.165) is 43.8 Å². The number of likely N-dealkylation sites (tertiary alicyclic amines) is 1. The predicted octanol–water partition coefficient (Wildman–Crippen LogP) is -0.634. The highest BCUT2D eigenvalue weighted by molar-refractivity contribution is 7.15. The fourth-order valence-electron chi connectivity index (χ4n) is 2.54. The van der Waals surface area contributed by atoms with Gasteiger partial charge in [0.25, 0.3) is 0 Å². The molecule has 1 aliphatic heterocycles. The summed E-state index contributed by atoms with van der Waals surface area (Å²) in [6.45, 7) is 2.38. The van der Waals surface area contributed by atoms with Crippen molar-refractivity contribution in [3.05, 3.63) is 5.01 Å². The van der Waals surface area contributed by atoms with E-state index in [9.17, 15) is 9.59 Å². The molecule has 1 aromatic heterocycles. The zero-order valence-corrected chi connectivity index (χ0v) is 13.3. The van der Waals surface area contributed by atoms with Gasteiger partial charge in [0.2, 0.25) is 16.9 Å². The van der Waals surface area contributed by atoms with Crippen molar-refractivity contribution in [2.75, 3.05) is 31.9 Å². The maximum atomic E-state index is 12.1. The van der Waals surface area contributed by atoms with Crippen LogP contribution in [-0.4, -0.2) is 53.1 Å². The van der Waals surface area contributed by atoms with Crippen molar-refractivity contribution < 1.29 is 9.59 Å². The lowest BCUT2D eigenvalue weighted by molar-refractivity contribution is -0.126. The first-order chi connectivity index (χ1) is 10.5. The van der Waals surface area contributed by atoms with Crippen LogP contribution in [0.1, 0.15) is 24.3 Å². The molecular weight excluding hydrogens is 304 g/mol. The van der Waals surface area contributed by atoms with Crippen LogP contribution in [0, 0.1) is 5.92 Å². The number of hydrogen-bond donors (Lipinski definition) is 3. The van der Waals surface area contributed by atoms with Gasteiger partial charge in [-0.15, -0.1) is 10.2 Å². The predicted molar refractivity (Wildman–Crippen MR) is 84.0 cm³/mol. The molecule has 2 heterocycles. The minimum absolute atomic E-state index is 0.0290. The summed E-state index contributed by atoms with van der Waals surface area (Å²) in [4.78, 5) is 24.9. The van der Waals surface area contributed by atoms with E-state index in [-0.39, 0.29) is 24.3 Å². The van der Waals surface area contributed by atoms with Crippen LogP contribution in [0.3, 0.4) is 0 Å². The van der Waals surface area contributed by atoms with Gasteiger partial charge in [-0.1, -0.05) is 11.3 Å². The van der Waals surface area contributed by atoms with Crippen molar-refractivity contribution in [2.45, 2.75) is 25.7 Å². The standard InChI is InChI=1S/C13H22N6O2S/c14-10(20)8-19-6-3-9(4-7-19)12(21)16-5-1-2-11-17-18-13(15)22-11/h9H,1-8H2,(H2,14,20)(H2,15,18)(H,16,21). The summed E-state index contributed by atoms with van der Waals surface area (Å²) in [5, 5.41) is 12.0. The second-order valence-electron chi connectivity index (χ2n) is 5.45. The lowest BCUT2D eigenvalue weighted by Crippen LogP contribution is -2.43. The number of hydrogen-bond acceptors (Lipinski definition) is 7. The van der Waals surface area contributed by atoms with Gasteiger partial charge in [-0.05, 0) is 32.4 Å². The molecule has 9 heteroatoms. The van der Waals surface area contributed by atoms with E-state index in [4.69, 9.17) is 11.5 Å². The van der Waals surface area contributed by atoms with Crippen molar-refractivity contribution in [1.29, 1.82) is 0 Å². The summed E-state index contributed by atoms with van der Waals surface area (Å²) >= 11 is 1.38. The quantitative estimate of drug-likeness (QED) is 0.572. The Morgan fingerprint density at radius 3 is 2.64 bits per heavy atom. The number of nitrogens with two attached hydrogens (primary N) is 2.